The van der Waals surface area contributed by atoms with Crippen molar-refractivity contribution in [1.82, 2.24) is 10.2 Å². The average molecular weight is 300 g/mol. The Hall–Kier alpha value is -1.90. The Morgan fingerprint density at radius 2 is 1.42 bits per heavy atom. The Bertz CT molecular complexity index is 604. The fourth-order valence-electron chi connectivity index (χ4n) is 1.18. The van der Waals surface area contributed by atoms with Gasteiger partial charge in [0, 0.05) is 0 Å². The van der Waals surface area contributed by atoms with Crippen LogP contribution in [0.5, 0.6) is 0 Å². The predicted octanol–water partition coefficient (Wildman–Crippen LogP) is 3.25. The van der Waals surface area contributed by atoms with Crippen LogP contribution in [-0.4, -0.2) is 10.2 Å². The molecule has 0 saturated carbocycles. The van der Waals surface area contributed by atoms with Gasteiger partial charge in [-0.05, 0) is 0 Å². The average Bonchev–Trinajstić information content (AvgIpc) is 2.87. The highest BCUT2D eigenvalue weighted by molar-refractivity contribution is 6.16. The van der Waals surface area contributed by atoms with Gasteiger partial charge in [-0.15, -0.1) is 16.7 Å². The third-order valence-electron chi connectivity index (χ3n) is 2.02. The van der Waals surface area contributed by atoms with Crippen molar-refractivity contribution >= 4 is 23.3 Å². The molecule has 0 spiro atoms. The summed E-state index contributed by atoms with van der Waals surface area (Å²) in [6.45, 7) is 0. The number of nitrogens with zero attached hydrogens (tertiary/aromatic N) is 2. The van der Waals surface area contributed by atoms with Crippen molar-refractivity contribution in [3.8, 4) is 0 Å². The molecule has 0 amide bonds. The van der Waals surface area contributed by atoms with Gasteiger partial charge < -0.3 is 9.73 Å². The van der Waals surface area contributed by atoms with E-state index >= 15 is 0 Å². The van der Waals surface area contributed by atoms with Crippen molar-refractivity contribution in [3.05, 3.63) is 35.0 Å². The lowest BCUT2D eigenvalue weighted by atomic mass is 10.2. The second kappa shape index (κ2) is 5.00. The fraction of sp³-hybridized carbons (Fsp3) is 0.111. The van der Waals surface area contributed by atoms with Gasteiger partial charge in [0.15, 0.2) is 23.3 Å². The highest BCUT2D eigenvalue weighted by atomic mass is 35.5. The van der Waals surface area contributed by atoms with E-state index < -0.39 is 40.8 Å². The van der Waals surface area contributed by atoms with Crippen molar-refractivity contribution in [1.29, 1.82) is 0 Å². The maximum atomic E-state index is 13.3. The third-order valence-corrected chi connectivity index (χ3v) is 2.25. The van der Waals surface area contributed by atoms with Crippen LogP contribution in [0.1, 0.15) is 5.89 Å². The molecule has 0 bridgehead atoms. The first kappa shape index (κ1) is 13.5. The minimum atomic E-state index is -2.26. The number of hydrogen-bond donors (Lipinski definition) is 1. The van der Waals surface area contributed by atoms with E-state index in [1.807, 2.05) is 5.32 Å². The summed E-state index contributed by atoms with van der Waals surface area (Å²) in [7, 11) is 0. The Kier molecular flexibility index (Phi) is 3.56. The van der Waals surface area contributed by atoms with E-state index in [1.54, 1.807) is 0 Å². The molecule has 4 nitrogen and oxygen atoms in total. The first-order chi connectivity index (χ1) is 8.95. The van der Waals surface area contributed by atoms with E-state index in [9.17, 15) is 22.0 Å². The van der Waals surface area contributed by atoms with Crippen molar-refractivity contribution in [3.63, 3.8) is 0 Å². The number of nitrogens with one attached hydrogen (secondary N) is 1. The van der Waals surface area contributed by atoms with Crippen LogP contribution >= 0.6 is 11.6 Å². The maximum absolute atomic E-state index is 13.3. The van der Waals surface area contributed by atoms with Crippen molar-refractivity contribution in [2.45, 2.75) is 5.88 Å². The lowest BCUT2D eigenvalue weighted by Gasteiger charge is -2.07. The van der Waals surface area contributed by atoms with Gasteiger partial charge in [-0.25, -0.2) is 22.0 Å². The molecule has 0 aliphatic carbocycles. The van der Waals surface area contributed by atoms with Crippen LogP contribution in [0.3, 0.4) is 0 Å². The largest absolute Gasteiger partial charge is 0.407 e. The molecule has 1 aromatic heterocycles. The Morgan fingerprint density at radius 1 is 0.895 bits per heavy atom. The number of anilines is 2. The molecule has 0 aliphatic heterocycles. The van der Waals surface area contributed by atoms with E-state index in [2.05, 4.69) is 10.2 Å². The number of rotatable bonds is 3. The summed E-state index contributed by atoms with van der Waals surface area (Å²) < 4.78 is 69.8. The van der Waals surface area contributed by atoms with Gasteiger partial charge in [0.05, 0.1) is 0 Å². The topological polar surface area (TPSA) is 51.0 Å². The molecule has 0 saturated heterocycles. The van der Waals surface area contributed by atoms with Gasteiger partial charge in [0.25, 0.3) is 0 Å². The van der Waals surface area contributed by atoms with Crippen molar-refractivity contribution < 1.29 is 26.4 Å². The van der Waals surface area contributed by atoms with Gasteiger partial charge in [-0.2, -0.15) is 0 Å². The van der Waals surface area contributed by atoms with Crippen LogP contribution in [0.15, 0.2) is 4.42 Å². The van der Waals surface area contributed by atoms with E-state index in [0.717, 1.165) is 0 Å². The highest BCUT2D eigenvalue weighted by Crippen LogP contribution is 2.29. The van der Waals surface area contributed by atoms with Crippen LogP contribution in [0.2, 0.25) is 0 Å². The van der Waals surface area contributed by atoms with Gasteiger partial charge in [-0.3, -0.25) is 0 Å². The molecule has 2 aromatic rings. The van der Waals surface area contributed by atoms with E-state index in [4.69, 9.17) is 16.0 Å². The van der Waals surface area contributed by atoms with E-state index in [0.29, 0.717) is 0 Å². The first-order valence-electron chi connectivity index (χ1n) is 4.62. The normalized spacial score (nSPS) is 10.8. The molecule has 0 atom stereocenters. The summed E-state index contributed by atoms with van der Waals surface area (Å²) in [5.41, 5.74) is -1.29. The molecular weight excluding hydrogens is 297 g/mol. The first-order valence-corrected chi connectivity index (χ1v) is 5.16. The molecule has 2 rings (SSSR count). The van der Waals surface area contributed by atoms with Crippen LogP contribution in [0.25, 0.3) is 0 Å². The molecule has 19 heavy (non-hydrogen) atoms. The monoisotopic (exact) mass is 299 g/mol. The van der Waals surface area contributed by atoms with Gasteiger partial charge in [0.1, 0.15) is 11.6 Å². The maximum Gasteiger partial charge on any atom is 0.320 e. The molecule has 0 aliphatic rings. The SMILES string of the molecule is Fc1c(F)c(F)c(Nc2nnc(CCl)o2)c(F)c1F. The van der Waals surface area contributed by atoms with E-state index in [-0.39, 0.29) is 11.8 Å². The standard InChI is InChI=1S/C9H3ClF5N3O/c10-1-2-17-18-9(19-2)16-8-6(14)4(12)3(11)5(13)7(8)15/h1H2,(H,16,18). The Balaban J connectivity index is 2.45. The quantitative estimate of drug-likeness (QED) is 0.409. The van der Waals surface area contributed by atoms with Crippen LogP contribution in [0.4, 0.5) is 33.7 Å². The summed E-state index contributed by atoms with van der Waals surface area (Å²) in [6.07, 6.45) is 0. The molecule has 1 heterocycles. The minimum absolute atomic E-state index is 0.0898. The Morgan fingerprint density at radius 3 is 1.89 bits per heavy atom. The van der Waals surface area contributed by atoms with Crippen LogP contribution < -0.4 is 5.32 Å². The summed E-state index contributed by atoms with van der Waals surface area (Å²) >= 11 is 5.34. The lowest BCUT2D eigenvalue weighted by Crippen LogP contribution is -2.06. The summed E-state index contributed by atoms with van der Waals surface area (Å²) in [6, 6.07) is -0.557. The molecule has 102 valence electrons. The van der Waals surface area contributed by atoms with Gasteiger partial charge in [0.2, 0.25) is 11.7 Å². The highest BCUT2D eigenvalue weighted by Gasteiger charge is 2.26. The second-order valence-electron chi connectivity index (χ2n) is 3.20. The summed E-state index contributed by atoms with van der Waals surface area (Å²) in [5, 5.41) is 8.41. The van der Waals surface area contributed by atoms with Gasteiger partial charge >= 0.3 is 6.01 Å². The zero-order chi connectivity index (χ0) is 14.2. The number of halogens is 6. The number of benzene rings is 1. The van der Waals surface area contributed by atoms with Crippen LogP contribution in [-0.2, 0) is 5.88 Å². The fourth-order valence-corrected chi connectivity index (χ4v) is 1.29. The van der Waals surface area contributed by atoms with Gasteiger partial charge in [-0.1, -0.05) is 5.10 Å². The minimum Gasteiger partial charge on any atom is -0.407 e. The molecule has 0 fully saturated rings. The molecule has 0 radical (unpaired) electrons. The number of alkyl halides is 1. The molecule has 1 N–H and O–H groups in total. The number of aromatic nitrogens is 2. The summed E-state index contributed by atoms with van der Waals surface area (Å²) in [5.74, 6) is -10.8. The summed E-state index contributed by atoms with van der Waals surface area (Å²) in [4.78, 5) is 0. The number of hydrogen-bond acceptors (Lipinski definition) is 4. The van der Waals surface area contributed by atoms with E-state index in [1.165, 1.54) is 0 Å². The molecule has 10 heteroatoms. The smallest absolute Gasteiger partial charge is 0.320 e. The van der Waals surface area contributed by atoms with Crippen LogP contribution in [0, 0.1) is 29.1 Å². The molecular formula is C9H3ClF5N3O. The molecule has 1 aromatic carbocycles. The molecule has 0 unspecified atom stereocenters. The van der Waals surface area contributed by atoms with Crippen molar-refractivity contribution in [2.75, 3.05) is 5.32 Å². The zero-order valence-corrected chi connectivity index (χ0v) is 9.53. The van der Waals surface area contributed by atoms with Crippen molar-refractivity contribution in [2.24, 2.45) is 0 Å². The second-order valence-corrected chi connectivity index (χ2v) is 3.47. The predicted molar refractivity (Wildman–Crippen MR) is 53.4 cm³/mol. The zero-order valence-electron chi connectivity index (χ0n) is 8.78. The lowest BCUT2D eigenvalue weighted by molar-refractivity contribution is 0.381. The third kappa shape index (κ3) is 2.33. The Labute approximate surface area is 107 Å².